The van der Waals surface area contributed by atoms with E-state index in [-0.39, 0.29) is 5.60 Å². The molecule has 0 aromatic carbocycles. The van der Waals surface area contributed by atoms with Crippen LogP contribution >= 0.6 is 11.8 Å². The first-order valence-corrected chi connectivity index (χ1v) is 8.74. The minimum atomic E-state index is 0.0407. The summed E-state index contributed by atoms with van der Waals surface area (Å²) in [5.41, 5.74) is 0.0407. The lowest BCUT2D eigenvalue weighted by molar-refractivity contribution is -0.101. The molecule has 0 bridgehead atoms. The first-order chi connectivity index (χ1) is 9.19. The van der Waals surface area contributed by atoms with Crippen LogP contribution in [-0.4, -0.2) is 49.5 Å². The van der Waals surface area contributed by atoms with E-state index >= 15 is 0 Å². The lowest BCUT2D eigenvalue weighted by Gasteiger charge is -2.40. The highest BCUT2D eigenvalue weighted by atomic mass is 32.2. The third-order valence-corrected chi connectivity index (χ3v) is 6.13. The Morgan fingerprint density at radius 2 is 2.26 bits per heavy atom. The van der Waals surface area contributed by atoms with Gasteiger partial charge in [0.1, 0.15) is 0 Å². The molecule has 2 aliphatic heterocycles. The second-order valence-corrected chi connectivity index (χ2v) is 7.51. The van der Waals surface area contributed by atoms with Crippen LogP contribution in [0.1, 0.15) is 39.5 Å². The minimum absolute atomic E-state index is 0.0407. The zero-order valence-electron chi connectivity index (χ0n) is 12.6. The van der Waals surface area contributed by atoms with E-state index in [4.69, 9.17) is 9.47 Å². The molecule has 2 aliphatic rings. The van der Waals surface area contributed by atoms with Gasteiger partial charge >= 0.3 is 0 Å². The summed E-state index contributed by atoms with van der Waals surface area (Å²) in [5.74, 6) is 1.95. The molecule has 0 saturated carbocycles. The Kier molecular flexibility index (Phi) is 6.00. The normalized spacial score (nSPS) is 34.6. The van der Waals surface area contributed by atoms with Crippen molar-refractivity contribution in [3.05, 3.63) is 0 Å². The Bertz CT molecular complexity index is 269. The van der Waals surface area contributed by atoms with Crippen LogP contribution in [0.2, 0.25) is 0 Å². The molecule has 112 valence electrons. The average Bonchev–Trinajstić information content (AvgIpc) is 2.87. The Balaban J connectivity index is 1.87. The highest BCUT2D eigenvalue weighted by Crippen LogP contribution is 2.37. The van der Waals surface area contributed by atoms with E-state index < -0.39 is 0 Å². The minimum Gasteiger partial charge on any atom is -0.378 e. The van der Waals surface area contributed by atoms with Crippen molar-refractivity contribution >= 4 is 11.8 Å². The van der Waals surface area contributed by atoms with Crippen molar-refractivity contribution in [2.75, 3.05) is 32.6 Å². The third-order valence-electron chi connectivity index (χ3n) is 4.67. The summed E-state index contributed by atoms with van der Waals surface area (Å²) in [7, 11) is 2.11. The molecule has 1 spiro atoms. The fourth-order valence-electron chi connectivity index (χ4n) is 3.11. The highest BCUT2D eigenvalue weighted by molar-refractivity contribution is 7.99. The van der Waals surface area contributed by atoms with Crippen LogP contribution in [0.15, 0.2) is 0 Å². The average molecular weight is 287 g/mol. The first kappa shape index (κ1) is 15.6. The van der Waals surface area contributed by atoms with Gasteiger partial charge in [0.15, 0.2) is 0 Å². The van der Waals surface area contributed by atoms with E-state index in [1.54, 1.807) is 0 Å². The van der Waals surface area contributed by atoms with Crippen molar-refractivity contribution in [3.63, 3.8) is 0 Å². The van der Waals surface area contributed by atoms with E-state index in [2.05, 4.69) is 38.0 Å². The SMILES string of the molecule is CCC(C)SCC(NC)C1CCOC2(CCOC2)C1. The van der Waals surface area contributed by atoms with Gasteiger partial charge in [-0.2, -0.15) is 11.8 Å². The zero-order chi connectivity index (χ0) is 13.7. The summed E-state index contributed by atoms with van der Waals surface area (Å²) in [5, 5.41) is 4.30. The predicted molar refractivity (Wildman–Crippen MR) is 81.9 cm³/mol. The van der Waals surface area contributed by atoms with Crippen molar-refractivity contribution in [2.24, 2.45) is 5.92 Å². The molecule has 0 aromatic heterocycles. The van der Waals surface area contributed by atoms with Gasteiger partial charge in [-0.1, -0.05) is 13.8 Å². The topological polar surface area (TPSA) is 30.5 Å². The molecule has 0 radical (unpaired) electrons. The van der Waals surface area contributed by atoms with Crippen molar-refractivity contribution in [1.82, 2.24) is 5.32 Å². The maximum Gasteiger partial charge on any atom is 0.0939 e. The van der Waals surface area contributed by atoms with Crippen molar-refractivity contribution in [2.45, 2.75) is 56.4 Å². The van der Waals surface area contributed by atoms with E-state index in [0.29, 0.717) is 6.04 Å². The Hall–Kier alpha value is 0.230. The molecule has 2 fully saturated rings. The van der Waals surface area contributed by atoms with E-state index in [0.717, 1.165) is 37.4 Å². The zero-order valence-corrected chi connectivity index (χ0v) is 13.4. The summed E-state index contributed by atoms with van der Waals surface area (Å²) < 4.78 is 11.6. The molecule has 4 atom stereocenters. The van der Waals surface area contributed by atoms with Gasteiger partial charge in [0.05, 0.1) is 12.2 Å². The standard InChI is InChI=1S/C15H29NO2S/c1-4-12(2)19-10-14(16-3)13-5-7-18-15(9-13)6-8-17-11-15/h12-14,16H,4-11H2,1-3H3. The molecule has 0 aromatic rings. The van der Waals surface area contributed by atoms with Gasteiger partial charge in [0, 0.05) is 36.7 Å². The number of hydrogen-bond donors (Lipinski definition) is 1. The van der Waals surface area contributed by atoms with Crippen LogP contribution in [0.5, 0.6) is 0 Å². The molecule has 0 amide bonds. The lowest BCUT2D eigenvalue weighted by atomic mass is 9.81. The van der Waals surface area contributed by atoms with Crippen LogP contribution in [-0.2, 0) is 9.47 Å². The highest BCUT2D eigenvalue weighted by Gasteiger charge is 2.42. The summed E-state index contributed by atoms with van der Waals surface area (Å²) in [4.78, 5) is 0. The molecule has 4 unspecified atom stereocenters. The predicted octanol–water partition coefficient (Wildman–Crippen LogP) is 2.69. The maximum absolute atomic E-state index is 6.04. The largest absolute Gasteiger partial charge is 0.378 e. The summed E-state index contributed by atoms with van der Waals surface area (Å²) >= 11 is 2.10. The summed E-state index contributed by atoms with van der Waals surface area (Å²) in [6, 6.07) is 0.611. The fourth-order valence-corrected chi connectivity index (χ4v) is 4.32. The number of thioether (sulfide) groups is 1. The Morgan fingerprint density at radius 1 is 1.42 bits per heavy atom. The summed E-state index contributed by atoms with van der Waals surface area (Å²) in [6.07, 6.45) is 4.69. The van der Waals surface area contributed by atoms with Crippen LogP contribution < -0.4 is 5.32 Å². The van der Waals surface area contributed by atoms with E-state index in [9.17, 15) is 0 Å². The number of hydrogen-bond acceptors (Lipinski definition) is 4. The van der Waals surface area contributed by atoms with Crippen LogP contribution in [0, 0.1) is 5.92 Å². The molecule has 0 aliphatic carbocycles. The molecule has 2 rings (SSSR count). The molecule has 4 heteroatoms. The molecule has 1 N–H and O–H groups in total. The van der Waals surface area contributed by atoms with Crippen molar-refractivity contribution in [3.8, 4) is 0 Å². The molecular weight excluding hydrogens is 258 g/mol. The van der Waals surface area contributed by atoms with Crippen LogP contribution in [0.3, 0.4) is 0 Å². The molecular formula is C15H29NO2S. The van der Waals surface area contributed by atoms with E-state index in [1.807, 2.05) is 0 Å². The lowest BCUT2D eigenvalue weighted by Crippen LogP contribution is -2.47. The number of ether oxygens (including phenoxy) is 2. The first-order valence-electron chi connectivity index (χ1n) is 7.69. The van der Waals surface area contributed by atoms with Crippen LogP contribution in [0.25, 0.3) is 0 Å². The quantitative estimate of drug-likeness (QED) is 0.813. The number of rotatable bonds is 6. The van der Waals surface area contributed by atoms with Crippen molar-refractivity contribution < 1.29 is 9.47 Å². The smallest absolute Gasteiger partial charge is 0.0939 e. The van der Waals surface area contributed by atoms with Gasteiger partial charge < -0.3 is 14.8 Å². The number of nitrogens with one attached hydrogen (secondary N) is 1. The van der Waals surface area contributed by atoms with Gasteiger partial charge in [-0.05, 0) is 32.2 Å². The summed E-state index contributed by atoms with van der Waals surface area (Å²) in [6.45, 7) is 7.18. The second kappa shape index (κ2) is 7.30. The van der Waals surface area contributed by atoms with Gasteiger partial charge in [0.25, 0.3) is 0 Å². The molecule has 2 heterocycles. The Labute approximate surface area is 122 Å². The molecule has 2 saturated heterocycles. The van der Waals surface area contributed by atoms with Crippen LogP contribution in [0.4, 0.5) is 0 Å². The maximum atomic E-state index is 6.04. The van der Waals surface area contributed by atoms with Crippen molar-refractivity contribution in [1.29, 1.82) is 0 Å². The third kappa shape index (κ3) is 4.10. The second-order valence-electron chi connectivity index (χ2n) is 6.03. The fraction of sp³-hybridized carbons (Fsp3) is 1.00. The van der Waals surface area contributed by atoms with Gasteiger partial charge in [-0.3, -0.25) is 0 Å². The van der Waals surface area contributed by atoms with Gasteiger partial charge in [-0.25, -0.2) is 0 Å². The molecule has 3 nitrogen and oxygen atoms in total. The van der Waals surface area contributed by atoms with Gasteiger partial charge in [-0.15, -0.1) is 0 Å². The monoisotopic (exact) mass is 287 g/mol. The van der Waals surface area contributed by atoms with Gasteiger partial charge in [0.2, 0.25) is 0 Å². The van der Waals surface area contributed by atoms with E-state index in [1.165, 1.54) is 25.0 Å². The Morgan fingerprint density at radius 3 is 2.89 bits per heavy atom. The molecule has 19 heavy (non-hydrogen) atoms.